The van der Waals surface area contributed by atoms with Gasteiger partial charge < -0.3 is 15.4 Å². The van der Waals surface area contributed by atoms with Gasteiger partial charge in [-0.05, 0) is 12.8 Å². The molecule has 0 atom stereocenters. The first-order valence-corrected chi connectivity index (χ1v) is 3.68. The number of carbonyl (C=O) groups is 1. The average molecular weight is 168 g/mol. The van der Waals surface area contributed by atoms with E-state index in [9.17, 15) is 4.79 Å². The van der Waals surface area contributed by atoms with Crippen molar-refractivity contribution in [1.82, 2.24) is 5.16 Å². The smallest absolute Gasteiger partial charge is 0.376 e. The quantitative estimate of drug-likeness (QED) is 0.682. The number of rotatable bonds is 2. The molecule has 1 aromatic rings. The van der Waals surface area contributed by atoms with E-state index in [1.807, 2.05) is 0 Å². The normalized spacial score (nSPS) is 16.3. The lowest BCUT2D eigenvalue weighted by Crippen LogP contribution is -1.99. The second-order valence-corrected chi connectivity index (χ2v) is 2.89. The summed E-state index contributed by atoms with van der Waals surface area (Å²) in [5.41, 5.74) is 6.30. The van der Waals surface area contributed by atoms with Crippen LogP contribution in [0.2, 0.25) is 0 Å². The van der Waals surface area contributed by atoms with Crippen molar-refractivity contribution in [2.75, 3.05) is 5.73 Å². The van der Waals surface area contributed by atoms with Gasteiger partial charge in [-0.15, -0.1) is 0 Å². The van der Waals surface area contributed by atoms with E-state index in [0.717, 1.165) is 12.8 Å². The summed E-state index contributed by atoms with van der Waals surface area (Å²) in [5, 5.41) is 12.2. The predicted molar refractivity (Wildman–Crippen MR) is 39.8 cm³/mol. The fraction of sp³-hybridized carbons (Fsp3) is 0.429. The Hall–Kier alpha value is -1.52. The summed E-state index contributed by atoms with van der Waals surface area (Å²) in [6.45, 7) is 0. The van der Waals surface area contributed by atoms with Gasteiger partial charge in [0, 0.05) is 5.92 Å². The van der Waals surface area contributed by atoms with E-state index in [1.165, 1.54) is 0 Å². The highest BCUT2D eigenvalue weighted by molar-refractivity contribution is 5.90. The van der Waals surface area contributed by atoms with Gasteiger partial charge >= 0.3 is 5.97 Å². The number of carboxylic acid groups (broad SMARTS) is 1. The number of nitrogen functional groups attached to an aromatic ring is 1. The van der Waals surface area contributed by atoms with Gasteiger partial charge in [-0.1, -0.05) is 5.16 Å². The average Bonchev–Trinajstić information content (AvgIpc) is 2.75. The molecule has 1 aromatic heterocycles. The van der Waals surface area contributed by atoms with Crippen molar-refractivity contribution in [3.05, 3.63) is 11.5 Å². The summed E-state index contributed by atoms with van der Waals surface area (Å²) in [7, 11) is 0. The van der Waals surface area contributed by atoms with Crippen molar-refractivity contribution in [2.24, 2.45) is 0 Å². The zero-order valence-electron chi connectivity index (χ0n) is 6.28. The third kappa shape index (κ3) is 0.939. The van der Waals surface area contributed by atoms with Crippen LogP contribution in [0.4, 0.5) is 5.69 Å². The van der Waals surface area contributed by atoms with Gasteiger partial charge in [0.1, 0.15) is 11.4 Å². The highest BCUT2D eigenvalue weighted by Crippen LogP contribution is 2.42. The minimum Gasteiger partial charge on any atom is -0.475 e. The number of nitrogens with two attached hydrogens (primary N) is 1. The number of carboxylic acids is 1. The first kappa shape index (κ1) is 7.15. The molecule has 1 aliphatic rings. The molecule has 2 rings (SSSR count). The SMILES string of the molecule is Nc1c(C2CC2)noc1C(=O)O. The lowest BCUT2D eigenvalue weighted by Gasteiger charge is -1.89. The van der Waals surface area contributed by atoms with E-state index in [0.29, 0.717) is 11.6 Å². The van der Waals surface area contributed by atoms with Gasteiger partial charge in [0.2, 0.25) is 0 Å². The van der Waals surface area contributed by atoms with Crippen LogP contribution in [0.15, 0.2) is 4.52 Å². The molecule has 0 amide bonds. The molecule has 0 aliphatic heterocycles. The van der Waals surface area contributed by atoms with E-state index >= 15 is 0 Å². The van der Waals surface area contributed by atoms with Crippen LogP contribution in [0.1, 0.15) is 35.0 Å². The molecule has 3 N–H and O–H groups in total. The van der Waals surface area contributed by atoms with Crippen molar-refractivity contribution in [1.29, 1.82) is 0 Å². The van der Waals surface area contributed by atoms with Crippen molar-refractivity contribution >= 4 is 11.7 Å². The molecule has 1 heterocycles. The largest absolute Gasteiger partial charge is 0.475 e. The summed E-state index contributed by atoms with van der Waals surface area (Å²) >= 11 is 0. The topological polar surface area (TPSA) is 89.4 Å². The van der Waals surface area contributed by atoms with Crippen molar-refractivity contribution in [2.45, 2.75) is 18.8 Å². The minimum atomic E-state index is -1.16. The molecule has 0 saturated heterocycles. The Morgan fingerprint density at radius 3 is 2.75 bits per heavy atom. The van der Waals surface area contributed by atoms with Crippen LogP contribution in [-0.4, -0.2) is 16.2 Å². The molecule has 1 fully saturated rings. The van der Waals surface area contributed by atoms with Crippen LogP contribution < -0.4 is 5.73 Å². The van der Waals surface area contributed by atoms with Crippen LogP contribution in [0.3, 0.4) is 0 Å². The molecule has 5 heteroatoms. The zero-order valence-corrected chi connectivity index (χ0v) is 6.28. The summed E-state index contributed by atoms with van der Waals surface area (Å²) in [6, 6.07) is 0. The van der Waals surface area contributed by atoms with Gasteiger partial charge in [-0.3, -0.25) is 0 Å². The minimum absolute atomic E-state index is 0.185. The molecule has 0 unspecified atom stereocenters. The van der Waals surface area contributed by atoms with Gasteiger partial charge in [0.05, 0.1) is 0 Å². The van der Waals surface area contributed by atoms with Gasteiger partial charge in [0.25, 0.3) is 5.76 Å². The van der Waals surface area contributed by atoms with Crippen molar-refractivity contribution in [3.8, 4) is 0 Å². The van der Waals surface area contributed by atoms with E-state index in [-0.39, 0.29) is 11.4 Å². The first-order chi connectivity index (χ1) is 5.70. The number of aromatic carboxylic acids is 1. The number of aromatic nitrogens is 1. The Morgan fingerprint density at radius 1 is 1.67 bits per heavy atom. The number of hydrogen-bond donors (Lipinski definition) is 2. The Kier molecular flexibility index (Phi) is 1.33. The fourth-order valence-corrected chi connectivity index (χ4v) is 1.11. The van der Waals surface area contributed by atoms with Crippen LogP contribution in [0.5, 0.6) is 0 Å². The van der Waals surface area contributed by atoms with E-state index in [2.05, 4.69) is 9.68 Å². The van der Waals surface area contributed by atoms with Gasteiger partial charge in [-0.25, -0.2) is 4.79 Å². The third-order valence-electron chi connectivity index (χ3n) is 1.91. The summed E-state index contributed by atoms with van der Waals surface area (Å²) in [5.74, 6) is -1.08. The molecule has 5 nitrogen and oxygen atoms in total. The van der Waals surface area contributed by atoms with Crippen LogP contribution in [-0.2, 0) is 0 Å². The van der Waals surface area contributed by atoms with Crippen molar-refractivity contribution < 1.29 is 14.4 Å². The molecule has 64 valence electrons. The summed E-state index contributed by atoms with van der Waals surface area (Å²) < 4.78 is 4.58. The highest BCUT2D eigenvalue weighted by atomic mass is 16.5. The van der Waals surface area contributed by atoms with Crippen molar-refractivity contribution in [3.63, 3.8) is 0 Å². The maximum Gasteiger partial charge on any atom is 0.376 e. The first-order valence-electron chi connectivity index (χ1n) is 3.68. The number of nitrogens with zero attached hydrogens (tertiary/aromatic N) is 1. The number of hydrogen-bond acceptors (Lipinski definition) is 4. The molecule has 0 spiro atoms. The molecule has 0 bridgehead atoms. The monoisotopic (exact) mass is 168 g/mol. The molecular formula is C7H8N2O3. The van der Waals surface area contributed by atoms with Crippen LogP contribution in [0.25, 0.3) is 0 Å². The lowest BCUT2D eigenvalue weighted by atomic mass is 10.2. The second-order valence-electron chi connectivity index (χ2n) is 2.89. The fourth-order valence-electron chi connectivity index (χ4n) is 1.11. The van der Waals surface area contributed by atoms with Crippen LogP contribution in [0, 0.1) is 0 Å². The molecule has 1 saturated carbocycles. The van der Waals surface area contributed by atoms with E-state index in [1.54, 1.807) is 0 Å². The van der Waals surface area contributed by atoms with Gasteiger partial charge in [0.15, 0.2) is 0 Å². The summed E-state index contributed by atoms with van der Waals surface area (Å²) in [4.78, 5) is 10.5. The lowest BCUT2D eigenvalue weighted by molar-refractivity contribution is 0.0653. The zero-order chi connectivity index (χ0) is 8.72. The molecule has 0 aromatic carbocycles. The highest BCUT2D eigenvalue weighted by Gasteiger charge is 2.32. The molecule has 12 heavy (non-hydrogen) atoms. The number of anilines is 1. The predicted octanol–water partition coefficient (Wildman–Crippen LogP) is 0.832. The molecule has 1 aliphatic carbocycles. The van der Waals surface area contributed by atoms with Gasteiger partial charge in [-0.2, -0.15) is 0 Å². The third-order valence-corrected chi connectivity index (χ3v) is 1.91. The van der Waals surface area contributed by atoms with E-state index < -0.39 is 5.97 Å². The Balaban J connectivity index is 2.39. The summed E-state index contributed by atoms with van der Waals surface area (Å²) in [6.07, 6.45) is 2.05. The standard InChI is InChI=1S/C7H8N2O3/c8-4-5(3-1-2-3)9-12-6(4)7(10)11/h3H,1-2,8H2,(H,10,11). The molecule has 0 radical (unpaired) electrons. The van der Waals surface area contributed by atoms with Crippen LogP contribution >= 0.6 is 0 Å². The Labute approximate surface area is 68.1 Å². The molecular weight excluding hydrogens is 160 g/mol. The maximum atomic E-state index is 10.5. The Bertz CT molecular complexity index is 327. The Morgan fingerprint density at radius 2 is 2.33 bits per heavy atom. The second kappa shape index (κ2) is 2.23. The van der Waals surface area contributed by atoms with E-state index in [4.69, 9.17) is 10.8 Å². The maximum absolute atomic E-state index is 10.5.